The third kappa shape index (κ3) is 3.92. The number of methoxy groups -OCH3 is 1. The van der Waals surface area contributed by atoms with Gasteiger partial charge in [-0.1, -0.05) is 6.07 Å². The zero-order chi connectivity index (χ0) is 18.5. The predicted molar refractivity (Wildman–Crippen MR) is 92.7 cm³/mol. The number of carbonyl (C=O) groups excluding carboxylic acids is 1. The van der Waals surface area contributed by atoms with Crippen LogP contribution in [0.5, 0.6) is 0 Å². The summed E-state index contributed by atoms with van der Waals surface area (Å²) >= 11 is 0. The van der Waals surface area contributed by atoms with E-state index in [1.165, 1.54) is 25.6 Å². The molecule has 0 aliphatic rings. The quantitative estimate of drug-likeness (QED) is 0.672. The first kappa shape index (κ1) is 17.3. The minimum absolute atomic E-state index is 0.220. The fourth-order valence-corrected chi connectivity index (χ4v) is 2.19. The zero-order valence-corrected chi connectivity index (χ0v) is 13.7. The molecule has 132 valence electrons. The minimum Gasteiger partial charge on any atom is -0.465 e. The van der Waals surface area contributed by atoms with Gasteiger partial charge < -0.3 is 15.4 Å². The fraction of sp³-hybridized carbons (Fsp3) is 0.0556. The van der Waals surface area contributed by atoms with Crippen LogP contribution in [0.15, 0.2) is 54.9 Å². The summed E-state index contributed by atoms with van der Waals surface area (Å²) in [6.45, 7) is 0. The van der Waals surface area contributed by atoms with Gasteiger partial charge in [-0.05, 0) is 36.4 Å². The van der Waals surface area contributed by atoms with E-state index in [9.17, 15) is 13.6 Å². The number of aromatic nitrogens is 2. The SMILES string of the molecule is COC(=O)c1ccc(Nc2cc(Nc3c(F)cccc3F)ncn2)cc1. The highest BCUT2D eigenvalue weighted by molar-refractivity contribution is 5.89. The number of para-hydroxylation sites is 1. The van der Waals surface area contributed by atoms with Gasteiger partial charge in [0.2, 0.25) is 0 Å². The number of anilines is 4. The van der Waals surface area contributed by atoms with Crippen molar-refractivity contribution in [2.75, 3.05) is 17.7 Å². The zero-order valence-electron chi connectivity index (χ0n) is 13.7. The summed E-state index contributed by atoms with van der Waals surface area (Å²) < 4.78 is 32.1. The molecule has 1 aromatic heterocycles. The van der Waals surface area contributed by atoms with E-state index in [4.69, 9.17) is 0 Å². The smallest absolute Gasteiger partial charge is 0.337 e. The maximum absolute atomic E-state index is 13.7. The van der Waals surface area contributed by atoms with Gasteiger partial charge in [-0.2, -0.15) is 0 Å². The fourth-order valence-electron chi connectivity index (χ4n) is 2.19. The van der Waals surface area contributed by atoms with Crippen molar-refractivity contribution in [2.24, 2.45) is 0 Å². The second-order valence-corrected chi connectivity index (χ2v) is 5.20. The van der Waals surface area contributed by atoms with E-state index in [0.717, 1.165) is 12.1 Å². The monoisotopic (exact) mass is 356 g/mol. The number of nitrogens with one attached hydrogen (secondary N) is 2. The third-order valence-electron chi connectivity index (χ3n) is 3.46. The molecule has 0 bridgehead atoms. The number of carbonyl (C=O) groups is 1. The molecule has 3 aromatic rings. The van der Waals surface area contributed by atoms with E-state index in [0.29, 0.717) is 17.1 Å². The van der Waals surface area contributed by atoms with E-state index in [2.05, 4.69) is 25.3 Å². The minimum atomic E-state index is -0.725. The van der Waals surface area contributed by atoms with Crippen LogP contribution in [0.3, 0.4) is 0 Å². The molecule has 0 unspecified atom stereocenters. The second-order valence-electron chi connectivity index (χ2n) is 5.20. The number of nitrogens with zero attached hydrogens (tertiary/aromatic N) is 2. The Morgan fingerprint density at radius 1 is 0.962 bits per heavy atom. The summed E-state index contributed by atoms with van der Waals surface area (Å²) in [7, 11) is 1.31. The molecule has 0 radical (unpaired) electrons. The lowest BCUT2D eigenvalue weighted by Gasteiger charge is -2.10. The highest BCUT2D eigenvalue weighted by atomic mass is 19.1. The number of rotatable bonds is 5. The Morgan fingerprint density at radius 2 is 1.58 bits per heavy atom. The van der Waals surface area contributed by atoms with Crippen LogP contribution in [-0.4, -0.2) is 23.0 Å². The topological polar surface area (TPSA) is 76.1 Å². The molecule has 0 aliphatic carbocycles. The van der Waals surface area contributed by atoms with E-state index in [1.807, 2.05) is 0 Å². The molecule has 2 N–H and O–H groups in total. The van der Waals surface area contributed by atoms with E-state index < -0.39 is 17.6 Å². The first-order valence-electron chi connectivity index (χ1n) is 7.55. The van der Waals surface area contributed by atoms with Gasteiger partial charge in [-0.25, -0.2) is 23.5 Å². The normalized spacial score (nSPS) is 10.3. The van der Waals surface area contributed by atoms with Crippen LogP contribution < -0.4 is 10.6 Å². The van der Waals surface area contributed by atoms with Crippen molar-refractivity contribution in [3.05, 3.63) is 72.1 Å². The van der Waals surface area contributed by atoms with Gasteiger partial charge in [-0.15, -0.1) is 0 Å². The molecule has 6 nitrogen and oxygen atoms in total. The van der Waals surface area contributed by atoms with Crippen molar-refractivity contribution in [1.82, 2.24) is 9.97 Å². The largest absolute Gasteiger partial charge is 0.465 e. The van der Waals surface area contributed by atoms with Crippen molar-refractivity contribution >= 4 is 29.0 Å². The molecular formula is C18H14F2N4O2. The van der Waals surface area contributed by atoms with Gasteiger partial charge >= 0.3 is 5.97 Å². The summed E-state index contributed by atoms with van der Waals surface area (Å²) in [5.41, 5.74) is 0.789. The summed E-state index contributed by atoms with van der Waals surface area (Å²) in [5, 5.41) is 5.61. The second kappa shape index (κ2) is 7.56. The molecule has 0 atom stereocenters. The molecular weight excluding hydrogens is 342 g/mol. The van der Waals surface area contributed by atoms with Crippen LogP contribution >= 0.6 is 0 Å². The van der Waals surface area contributed by atoms with E-state index in [1.54, 1.807) is 24.3 Å². The molecule has 2 aromatic carbocycles. The first-order valence-corrected chi connectivity index (χ1v) is 7.55. The molecule has 0 spiro atoms. The van der Waals surface area contributed by atoms with Gasteiger partial charge in [0.25, 0.3) is 0 Å². The molecule has 1 heterocycles. The van der Waals surface area contributed by atoms with Gasteiger partial charge in [0.05, 0.1) is 12.7 Å². The molecule has 0 fully saturated rings. The van der Waals surface area contributed by atoms with Crippen molar-refractivity contribution in [3.8, 4) is 0 Å². The number of hydrogen-bond donors (Lipinski definition) is 2. The lowest BCUT2D eigenvalue weighted by atomic mass is 10.2. The maximum atomic E-state index is 13.7. The predicted octanol–water partition coefficient (Wildman–Crippen LogP) is 4.03. The van der Waals surface area contributed by atoms with Crippen LogP contribution in [0.2, 0.25) is 0 Å². The number of halogens is 2. The van der Waals surface area contributed by atoms with Gasteiger partial charge in [0.1, 0.15) is 35.3 Å². The van der Waals surface area contributed by atoms with Gasteiger partial charge in [0, 0.05) is 11.8 Å². The van der Waals surface area contributed by atoms with Crippen molar-refractivity contribution in [3.63, 3.8) is 0 Å². The summed E-state index contributed by atoms with van der Waals surface area (Å²) in [4.78, 5) is 19.4. The standard InChI is InChI=1S/C18H14F2N4O2/c1-26-18(25)11-5-7-12(8-6-11)23-15-9-16(22-10-21-15)24-17-13(19)3-2-4-14(17)20/h2-10H,1H3,(H2,21,22,23,24). The lowest BCUT2D eigenvalue weighted by Crippen LogP contribution is -2.02. The highest BCUT2D eigenvalue weighted by Crippen LogP contribution is 2.23. The third-order valence-corrected chi connectivity index (χ3v) is 3.46. The Balaban J connectivity index is 1.76. The Bertz CT molecular complexity index is 912. The number of benzene rings is 2. The summed E-state index contributed by atoms with van der Waals surface area (Å²) in [6, 6.07) is 11.6. The van der Waals surface area contributed by atoms with Crippen molar-refractivity contribution in [2.45, 2.75) is 0 Å². The first-order chi connectivity index (χ1) is 12.6. The van der Waals surface area contributed by atoms with E-state index in [-0.39, 0.29) is 11.5 Å². The molecule has 0 saturated carbocycles. The Hall–Kier alpha value is -3.55. The van der Waals surface area contributed by atoms with Crippen LogP contribution in [0, 0.1) is 11.6 Å². The van der Waals surface area contributed by atoms with Gasteiger partial charge in [0.15, 0.2) is 0 Å². The molecule has 26 heavy (non-hydrogen) atoms. The average molecular weight is 356 g/mol. The maximum Gasteiger partial charge on any atom is 0.337 e. The number of ether oxygens (including phenoxy) is 1. The van der Waals surface area contributed by atoms with Gasteiger partial charge in [-0.3, -0.25) is 0 Å². The molecule has 0 amide bonds. The molecule has 0 aliphatic heterocycles. The highest BCUT2D eigenvalue weighted by Gasteiger charge is 2.10. The Labute approximate surface area is 147 Å². The Kier molecular flexibility index (Phi) is 5.02. The van der Waals surface area contributed by atoms with Crippen LogP contribution in [0.1, 0.15) is 10.4 Å². The van der Waals surface area contributed by atoms with Crippen LogP contribution in [0.4, 0.5) is 31.8 Å². The summed E-state index contributed by atoms with van der Waals surface area (Å²) in [6.07, 6.45) is 1.26. The molecule has 0 saturated heterocycles. The lowest BCUT2D eigenvalue weighted by molar-refractivity contribution is 0.0601. The van der Waals surface area contributed by atoms with Crippen LogP contribution in [-0.2, 0) is 4.74 Å². The number of hydrogen-bond acceptors (Lipinski definition) is 6. The number of esters is 1. The van der Waals surface area contributed by atoms with E-state index >= 15 is 0 Å². The van der Waals surface area contributed by atoms with Crippen LogP contribution in [0.25, 0.3) is 0 Å². The molecule has 3 rings (SSSR count). The Morgan fingerprint density at radius 3 is 2.19 bits per heavy atom. The molecule has 8 heteroatoms. The van der Waals surface area contributed by atoms with Crippen molar-refractivity contribution < 1.29 is 18.3 Å². The summed E-state index contributed by atoms with van der Waals surface area (Å²) in [5.74, 6) is -1.26. The average Bonchev–Trinajstić information content (AvgIpc) is 2.65. The van der Waals surface area contributed by atoms with Crippen molar-refractivity contribution in [1.29, 1.82) is 0 Å².